The Hall–Kier alpha value is -0.770. The minimum absolute atomic E-state index is 0.202. The fourth-order valence-electron chi connectivity index (χ4n) is 2.70. The molecule has 106 valence electrons. The van der Waals surface area contributed by atoms with Gasteiger partial charge in [-0.2, -0.15) is 0 Å². The van der Waals surface area contributed by atoms with Crippen LogP contribution in [0.15, 0.2) is 18.2 Å². The van der Waals surface area contributed by atoms with Gasteiger partial charge < -0.3 is 5.11 Å². The fourth-order valence-corrected chi connectivity index (χ4v) is 2.88. The van der Waals surface area contributed by atoms with Crippen molar-refractivity contribution >= 4 is 11.6 Å². The van der Waals surface area contributed by atoms with Gasteiger partial charge in [-0.05, 0) is 39.0 Å². The second-order valence-corrected chi connectivity index (χ2v) is 5.98. The van der Waals surface area contributed by atoms with Gasteiger partial charge in [-0.1, -0.05) is 11.6 Å². The second kappa shape index (κ2) is 6.12. The highest BCUT2D eigenvalue weighted by Crippen LogP contribution is 2.31. The third-order valence-corrected chi connectivity index (χ3v) is 4.30. The number of phenolic OH excluding ortho intramolecular Hbond substituents is 1. The maximum atomic E-state index is 9.98. The zero-order chi connectivity index (χ0) is 14.0. The quantitative estimate of drug-likeness (QED) is 0.923. The minimum Gasteiger partial charge on any atom is -0.508 e. The van der Waals surface area contributed by atoms with Crippen molar-refractivity contribution in [1.82, 2.24) is 9.80 Å². The minimum atomic E-state index is 0.202. The molecule has 4 heteroatoms. The maximum Gasteiger partial charge on any atom is 0.120 e. The van der Waals surface area contributed by atoms with Crippen molar-refractivity contribution in [3.8, 4) is 5.75 Å². The molecule has 0 amide bonds. The number of piperazine rings is 1. The lowest BCUT2D eigenvalue weighted by Crippen LogP contribution is -2.49. The Kier molecular flexibility index (Phi) is 4.71. The summed E-state index contributed by atoms with van der Waals surface area (Å²) in [5, 5.41) is 10.7. The molecule has 0 spiro atoms. The first-order valence-corrected chi connectivity index (χ1v) is 7.33. The Morgan fingerprint density at radius 1 is 1.05 bits per heavy atom. The van der Waals surface area contributed by atoms with Crippen molar-refractivity contribution in [3.63, 3.8) is 0 Å². The van der Waals surface area contributed by atoms with E-state index in [1.807, 2.05) is 6.07 Å². The summed E-state index contributed by atoms with van der Waals surface area (Å²) in [5.41, 5.74) is 0.922. The van der Waals surface area contributed by atoms with E-state index in [0.717, 1.165) is 31.7 Å². The molecule has 1 unspecified atom stereocenters. The first kappa shape index (κ1) is 14.6. The van der Waals surface area contributed by atoms with Crippen LogP contribution in [-0.2, 0) is 0 Å². The summed E-state index contributed by atoms with van der Waals surface area (Å²) in [6, 6.07) is 6.09. The van der Waals surface area contributed by atoms with Gasteiger partial charge >= 0.3 is 0 Å². The smallest absolute Gasteiger partial charge is 0.120 e. The number of benzene rings is 1. The highest BCUT2D eigenvalue weighted by molar-refractivity contribution is 6.30. The predicted molar refractivity (Wildman–Crippen MR) is 79.8 cm³/mol. The topological polar surface area (TPSA) is 26.7 Å². The third kappa shape index (κ3) is 3.41. The molecule has 3 nitrogen and oxygen atoms in total. The molecule has 1 aliphatic rings. The van der Waals surface area contributed by atoms with Crippen LogP contribution < -0.4 is 0 Å². The Morgan fingerprint density at radius 2 is 1.63 bits per heavy atom. The van der Waals surface area contributed by atoms with Crippen LogP contribution in [0.3, 0.4) is 0 Å². The Labute approximate surface area is 120 Å². The lowest BCUT2D eigenvalue weighted by Gasteiger charge is -2.40. The van der Waals surface area contributed by atoms with Crippen LogP contribution in [-0.4, -0.2) is 47.1 Å². The van der Waals surface area contributed by atoms with Crippen molar-refractivity contribution in [2.75, 3.05) is 26.2 Å². The van der Waals surface area contributed by atoms with Crippen molar-refractivity contribution < 1.29 is 5.11 Å². The SMILES string of the molecule is CC(C)N1CCN(C(C)c2cc(Cl)ccc2O)CC1. The molecular formula is C15H23ClN2O. The monoisotopic (exact) mass is 282 g/mol. The van der Waals surface area contributed by atoms with Gasteiger partial charge in [0.05, 0.1) is 0 Å². The lowest BCUT2D eigenvalue weighted by atomic mass is 10.0. The van der Waals surface area contributed by atoms with Crippen molar-refractivity contribution in [2.24, 2.45) is 0 Å². The summed E-state index contributed by atoms with van der Waals surface area (Å²) in [6.45, 7) is 10.9. The molecule has 1 heterocycles. The molecule has 0 radical (unpaired) electrons. The third-order valence-electron chi connectivity index (χ3n) is 4.07. The molecule has 1 atom stereocenters. The van der Waals surface area contributed by atoms with Crippen LogP contribution in [0.5, 0.6) is 5.75 Å². The van der Waals surface area contributed by atoms with E-state index in [2.05, 4.69) is 30.6 Å². The summed E-state index contributed by atoms with van der Waals surface area (Å²) in [4.78, 5) is 4.89. The Morgan fingerprint density at radius 3 is 2.21 bits per heavy atom. The largest absolute Gasteiger partial charge is 0.508 e. The first-order valence-electron chi connectivity index (χ1n) is 6.95. The predicted octanol–water partition coefficient (Wildman–Crippen LogP) is 3.13. The average Bonchev–Trinajstić information content (AvgIpc) is 2.41. The van der Waals surface area contributed by atoms with Crippen LogP contribution in [0, 0.1) is 0 Å². The molecule has 0 saturated carbocycles. The molecule has 2 rings (SSSR count). The molecule has 0 bridgehead atoms. The van der Waals surface area contributed by atoms with Gasteiger partial charge in [0, 0.05) is 48.8 Å². The molecular weight excluding hydrogens is 260 g/mol. The molecule has 1 saturated heterocycles. The summed E-state index contributed by atoms with van der Waals surface area (Å²) in [7, 11) is 0. The number of aromatic hydroxyl groups is 1. The van der Waals surface area contributed by atoms with Gasteiger partial charge in [0.2, 0.25) is 0 Å². The summed E-state index contributed by atoms with van der Waals surface area (Å²) < 4.78 is 0. The molecule has 19 heavy (non-hydrogen) atoms. The summed E-state index contributed by atoms with van der Waals surface area (Å²) in [6.07, 6.45) is 0. The first-order chi connectivity index (χ1) is 8.99. The van der Waals surface area contributed by atoms with Crippen molar-refractivity contribution in [3.05, 3.63) is 28.8 Å². The highest BCUT2D eigenvalue weighted by Gasteiger charge is 2.24. The van der Waals surface area contributed by atoms with Crippen LogP contribution in [0.2, 0.25) is 5.02 Å². The molecule has 1 N–H and O–H groups in total. The van der Waals surface area contributed by atoms with E-state index in [0.29, 0.717) is 16.8 Å². The van der Waals surface area contributed by atoms with Gasteiger partial charge in [-0.25, -0.2) is 0 Å². The van der Waals surface area contributed by atoms with Gasteiger partial charge in [-0.3, -0.25) is 9.80 Å². The van der Waals surface area contributed by atoms with E-state index < -0.39 is 0 Å². The molecule has 1 fully saturated rings. The number of nitrogens with zero attached hydrogens (tertiary/aromatic N) is 2. The van der Waals surface area contributed by atoms with E-state index in [4.69, 9.17) is 11.6 Å². The maximum absolute atomic E-state index is 9.98. The Balaban J connectivity index is 2.05. The number of halogens is 1. The van der Waals surface area contributed by atoms with E-state index in [1.165, 1.54) is 0 Å². The second-order valence-electron chi connectivity index (χ2n) is 5.54. The number of hydrogen-bond acceptors (Lipinski definition) is 3. The van der Waals surface area contributed by atoms with Gasteiger partial charge in [0.1, 0.15) is 5.75 Å². The Bertz CT molecular complexity index is 428. The van der Waals surface area contributed by atoms with Gasteiger partial charge in [-0.15, -0.1) is 0 Å². The summed E-state index contributed by atoms with van der Waals surface area (Å²) in [5.74, 6) is 0.336. The van der Waals surface area contributed by atoms with Crippen LogP contribution in [0.1, 0.15) is 32.4 Å². The van der Waals surface area contributed by atoms with Crippen LogP contribution in [0.4, 0.5) is 0 Å². The van der Waals surface area contributed by atoms with E-state index in [9.17, 15) is 5.11 Å². The lowest BCUT2D eigenvalue weighted by molar-refractivity contribution is 0.0826. The van der Waals surface area contributed by atoms with E-state index in [1.54, 1.807) is 12.1 Å². The highest BCUT2D eigenvalue weighted by atomic mass is 35.5. The number of rotatable bonds is 3. The standard InChI is InChI=1S/C15H23ClN2O/c1-11(2)17-6-8-18(9-7-17)12(3)14-10-13(16)4-5-15(14)19/h4-5,10-12,19H,6-9H2,1-3H3. The summed E-state index contributed by atoms with van der Waals surface area (Å²) >= 11 is 6.03. The van der Waals surface area contributed by atoms with Crippen molar-refractivity contribution in [2.45, 2.75) is 32.9 Å². The van der Waals surface area contributed by atoms with E-state index >= 15 is 0 Å². The van der Waals surface area contributed by atoms with Crippen LogP contribution >= 0.6 is 11.6 Å². The average molecular weight is 283 g/mol. The van der Waals surface area contributed by atoms with Crippen LogP contribution in [0.25, 0.3) is 0 Å². The zero-order valence-electron chi connectivity index (χ0n) is 11.9. The van der Waals surface area contributed by atoms with Crippen molar-refractivity contribution in [1.29, 1.82) is 0 Å². The zero-order valence-corrected chi connectivity index (χ0v) is 12.7. The van der Waals surface area contributed by atoms with Gasteiger partial charge in [0.15, 0.2) is 0 Å². The molecule has 0 aliphatic carbocycles. The fraction of sp³-hybridized carbons (Fsp3) is 0.600. The molecule has 0 aromatic heterocycles. The van der Waals surface area contributed by atoms with E-state index in [-0.39, 0.29) is 6.04 Å². The normalized spacial score (nSPS) is 19.8. The number of phenols is 1. The molecule has 1 aliphatic heterocycles. The number of hydrogen-bond donors (Lipinski definition) is 1. The van der Waals surface area contributed by atoms with Gasteiger partial charge in [0.25, 0.3) is 0 Å². The molecule has 1 aromatic rings. The molecule has 1 aromatic carbocycles.